The van der Waals surface area contributed by atoms with E-state index >= 15 is 0 Å². The molecular weight excluding hydrogens is 354 g/mol. The first-order valence-corrected chi connectivity index (χ1v) is 9.51. The normalized spacial score (nSPS) is 16.7. The zero-order valence-electron chi connectivity index (χ0n) is 16.6. The van der Waals surface area contributed by atoms with Gasteiger partial charge in [0, 0.05) is 12.2 Å². The van der Waals surface area contributed by atoms with Crippen LogP contribution < -0.4 is 15.4 Å². The zero-order chi connectivity index (χ0) is 19.9. The van der Waals surface area contributed by atoms with Crippen LogP contribution in [0.2, 0.25) is 0 Å². The molecule has 6 heteroatoms. The molecule has 1 atom stereocenters. The number of benzene rings is 2. The van der Waals surface area contributed by atoms with Crippen molar-refractivity contribution in [3.8, 4) is 5.75 Å². The maximum Gasteiger partial charge on any atom is 0.257 e. The van der Waals surface area contributed by atoms with E-state index in [1.807, 2.05) is 44.2 Å². The summed E-state index contributed by atoms with van der Waals surface area (Å²) in [5, 5.41) is 6.10. The van der Waals surface area contributed by atoms with Crippen LogP contribution in [0.25, 0.3) is 0 Å². The molecule has 1 aliphatic rings. The highest BCUT2D eigenvalue weighted by molar-refractivity contribution is 6.10. The summed E-state index contributed by atoms with van der Waals surface area (Å²) in [6.07, 6.45) is 2.12. The van der Waals surface area contributed by atoms with Gasteiger partial charge >= 0.3 is 0 Å². The van der Waals surface area contributed by atoms with Crippen LogP contribution in [0.1, 0.15) is 34.3 Å². The van der Waals surface area contributed by atoms with Crippen LogP contribution in [0.5, 0.6) is 5.75 Å². The third-order valence-electron chi connectivity index (χ3n) is 4.63. The van der Waals surface area contributed by atoms with E-state index in [1.165, 1.54) is 0 Å². The number of hydrogen-bond donors (Lipinski definition) is 2. The number of carbonyl (C=O) groups is 1. The summed E-state index contributed by atoms with van der Waals surface area (Å²) in [6, 6.07) is 13.2. The quantitative estimate of drug-likeness (QED) is 0.612. The van der Waals surface area contributed by atoms with Gasteiger partial charge in [0.05, 0.1) is 25.4 Å². The minimum atomic E-state index is -0.217. The molecule has 1 unspecified atom stereocenters. The van der Waals surface area contributed by atoms with Gasteiger partial charge in [-0.15, -0.1) is 0 Å². The summed E-state index contributed by atoms with van der Waals surface area (Å²) < 4.78 is 11.1. The number of hydrogen-bond acceptors (Lipinski definition) is 4. The first kappa shape index (κ1) is 19.9. The maximum absolute atomic E-state index is 12.7. The summed E-state index contributed by atoms with van der Waals surface area (Å²) in [5.74, 6) is 0.843. The molecule has 2 aromatic carbocycles. The predicted octanol–water partition coefficient (Wildman–Crippen LogP) is 3.69. The van der Waals surface area contributed by atoms with Gasteiger partial charge in [0.15, 0.2) is 0 Å². The fourth-order valence-corrected chi connectivity index (χ4v) is 3.02. The number of ether oxygens (including phenoxy) is 2. The fraction of sp³-hybridized carbons (Fsp3) is 0.364. The molecule has 6 nitrogen and oxygen atoms in total. The van der Waals surface area contributed by atoms with Crippen molar-refractivity contribution in [2.75, 3.05) is 25.6 Å². The lowest BCUT2D eigenvalue weighted by molar-refractivity contribution is 0.0975. The number of amides is 1. The molecule has 28 heavy (non-hydrogen) atoms. The monoisotopic (exact) mass is 381 g/mol. The van der Waals surface area contributed by atoms with Gasteiger partial charge < -0.3 is 14.8 Å². The molecule has 2 N–H and O–H groups in total. The Morgan fingerprint density at radius 1 is 1.18 bits per heavy atom. The molecule has 148 valence electrons. The van der Waals surface area contributed by atoms with E-state index in [9.17, 15) is 4.79 Å². The average Bonchev–Trinajstić information content (AvgIpc) is 3.20. The number of nitrogens with zero attached hydrogens (tertiary/aromatic N) is 1. The Morgan fingerprint density at radius 2 is 1.93 bits per heavy atom. The molecule has 1 fully saturated rings. The second-order valence-corrected chi connectivity index (χ2v) is 6.97. The highest BCUT2D eigenvalue weighted by Gasteiger charge is 2.17. The van der Waals surface area contributed by atoms with E-state index in [0.29, 0.717) is 23.8 Å². The molecule has 0 saturated carbocycles. The van der Waals surface area contributed by atoms with E-state index in [1.54, 1.807) is 19.2 Å². The van der Waals surface area contributed by atoms with Crippen LogP contribution in [0, 0.1) is 13.8 Å². The zero-order valence-corrected chi connectivity index (χ0v) is 16.6. The van der Waals surface area contributed by atoms with Gasteiger partial charge in [-0.25, -0.2) is 4.99 Å². The van der Waals surface area contributed by atoms with Gasteiger partial charge in [0.25, 0.3) is 5.91 Å². The van der Waals surface area contributed by atoms with Crippen molar-refractivity contribution in [1.29, 1.82) is 0 Å². The summed E-state index contributed by atoms with van der Waals surface area (Å²) in [5.41, 5.74) is 3.50. The van der Waals surface area contributed by atoms with Crippen LogP contribution in [0.4, 0.5) is 5.69 Å². The lowest BCUT2D eigenvalue weighted by Crippen LogP contribution is -2.37. The number of guanidine groups is 1. The highest BCUT2D eigenvalue weighted by Crippen LogP contribution is 2.25. The average molecular weight is 381 g/mol. The second kappa shape index (κ2) is 9.37. The largest absolute Gasteiger partial charge is 0.495 e. The molecular formula is C22H27N3O3. The number of carbonyl (C=O) groups excluding carboxylic acids is 1. The van der Waals surface area contributed by atoms with Crippen LogP contribution in [-0.2, 0) is 4.74 Å². The lowest BCUT2D eigenvalue weighted by atomic mass is 10.1. The van der Waals surface area contributed by atoms with Crippen LogP contribution in [0.3, 0.4) is 0 Å². The van der Waals surface area contributed by atoms with Gasteiger partial charge in [-0.1, -0.05) is 23.8 Å². The highest BCUT2D eigenvalue weighted by atomic mass is 16.5. The second-order valence-electron chi connectivity index (χ2n) is 6.97. The lowest BCUT2D eigenvalue weighted by Gasteiger charge is -2.16. The minimum Gasteiger partial charge on any atom is -0.495 e. The molecule has 1 heterocycles. The van der Waals surface area contributed by atoms with Gasteiger partial charge in [0.1, 0.15) is 5.75 Å². The van der Waals surface area contributed by atoms with Crippen molar-refractivity contribution in [2.45, 2.75) is 32.8 Å². The van der Waals surface area contributed by atoms with E-state index in [0.717, 1.165) is 36.3 Å². The van der Waals surface area contributed by atoms with Gasteiger partial charge in [-0.2, -0.15) is 0 Å². The molecule has 1 aliphatic heterocycles. The molecule has 1 saturated heterocycles. The molecule has 0 bridgehead atoms. The molecule has 1 amide bonds. The Balaban J connectivity index is 1.80. The number of methoxy groups -OCH3 is 1. The fourth-order valence-electron chi connectivity index (χ4n) is 3.02. The van der Waals surface area contributed by atoms with Crippen LogP contribution in [-0.4, -0.2) is 38.2 Å². The van der Waals surface area contributed by atoms with Crippen molar-refractivity contribution in [1.82, 2.24) is 5.32 Å². The Morgan fingerprint density at radius 3 is 2.61 bits per heavy atom. The van der Waals surface area contributed by atoms with Crippen molar-refractivity contribution >= 4 is 17.6 Å². The van der Waals surface area contributed by atoms with E-state index in [2.05, 4.69) is 15.6 Å². The molecule has 0 aliphatic carbocycles. The molecule has 0 aromatic heterocycles. The first-order chi connectivity index (χ1) is 13.5. The van der Waals surface area contributed by atoms with Gasteiger partial charge in [-0.05, 0) is 56.5 Å². The van der Waals surface area contributed by atoms with E-state index in [-0.39, 0.29) is 12.0 Å². The summed E-state index contributed by atoms with van der Waals surface area (Å²) in [6.45, 7) is 5.25. The number of aliphatic imine (C=N–C) groups is 1. The summed E-state index contributed by atoms with van der Waals surface area (Å²) >= 11 is 0. The summed E-state index contributed by atoms with van der Waals surface area (Å²) in [4.78, 5) is 17.3. The van der Waals surface area contributed by atoms with E-state index < -0.39 is 0 Å². The SMILES string of the molecule is COc1ccc(C)cc1NC(=NCC1CCCO1)NC(=O)c1ccc(C)cc1. The number of rotatable bonds is 5. The Hall–Kier alpha value is -2.86. The van der Waals surface area contributed by atoms with Crippen molar-refractivity contribution in [3.05, 3.63) is 59.2 Å². The van der Waals surface area contributed by atoms with E-state index in [4.69, 9.17) is 9.47 Å². The summed E-state index contributed by atoms with van der Waals surface area (Å²) in [7, 11) is 1.61. The third kappa shape index (κ3) is 5.33. The number of nitrogens with one attached hydrogen (secondary N) is 2. The van der Waals surface area contributed by atoms with Crippen LogP contribution >= 0.6 is 0 Å². The van der Waals surface area contributed by atoms with Gasteiger partial charge in [-0.3, -0.25) is 10.1 Å². The first-order valence-electron chi connectivity index (χ1n) is 9.51. The molecule has 3 rings (SSSR count). The molecule has 2 aromatic rings. The minimum absolute atomic E-state index is 0.0903. The Labute approximate surface area is 166 Å². The maximum atomic E-state index is 12.7. The van der Waals surface area contributed by atoms with Crippen molar-refractivity contribution < 1.29 is 14.3 Å². The Bertz CT molecular complexity index is 841. The topological polar surface area (TPSA) is 71.9 Å². The van der Waals surface area contributed by atoms with Crippen molar-refractivity contribution in [2.24, 2.45) is 4.99 Å². The third-order valence-corrected chi connectivity index (χ3v) is 4.63. The molecule has 0 radical (unpaired) electrons. The number of aryl methyl sites for hydroxylation is 2. The number of anilines is 1. The predicted molar refractivity (Wildman–Crippen MR) is 111 cm³/mol. The van der Waals surface area contributed by atoms with Crippen molar-refractivity contribution in [3.63, 3.8) is 0 Å². The smallest absolute Gasteiger partial charge is 0.257 e. The Kier molecular flexibility index (Phi) is 6.66. The standard InChI is InChI=1S/C22H27N3O3/c1-15-6-9-17(10-7-15)21(26)25-22(23-14-18-5-4-12-28-18)24-19-13-16(2)8-11-20(19)27-3/h6-11,13,18H,4-5,12,14H2,1-3H3,(H2,23,24,25,26). The van der Waals surface area contributed by atoms with Crippen LogP contribution in [0.15, 0.2) is 47.5 Å². The van der Waals surface area contributed by atoms with Gasteiger partial charge in [0.2, 0.25) is 5.96 Å². The molecule has 0 spiro atoms.